The van der Waals surface area contributed by atoms with Gasteiger partial charge in [-0.2, -0.15) is 5.10 Å². The third-order valence-corrected chi connectivity index (χ3v) is 4.40. The van der Waals surface area contributed by atoms with Crippen LogP contribution in [-0.2, 0) is 6.42 Å². The monoisotopic (exact) mass is 360 g/mol. The molecule has 0 aliphatic rings. The minimum Gasteiger partial charge on any atom is -0.497 e. The molecule has 0 fully saturated rings. The average Bonchev–Trinajstić information content (AvgIpc) is 3.06. The van der Waals surface area contributed by atoms with Gasteiger partial charge in [-0.1, -0.05) is 23.2 Å². The summed E-state index contributed by atoms with van der Waals surface area (Å²) < 4.78 is 6.68. The molecule has 0 aliphatic heterocycles. The predicted molar refractivity (Wildman–Crippen MR) is 89.7 cm³/mol. The first-order valence-corrected chi connectivity index (χ1v) is 7.76. The second-order valence-electron chi connectivity index (χ2n) is 5.11. The van der Waals surface area contributed by atoms with Crippen LogP contribution < -0.4 is 4.74 Å². The van der Waals surface area contributed by atoms with Gasteiger partial charge in [-0.3, -0.25) is 4.98 Å². The lowest BCUT2D eigenvalue weighted by molar-refractivity contribution is 0.415. The van der Waals surface area contributed by atoms with Crippen molar-refractivity contribution in [3.8, 4) is 5.75 Å². The molecule has 24 heavy (non-hydrogen) atoms. The van der Waals surface area contributed by atoms with Crippen LogP contribution >= 0.6 is 23.2 Å². The zero-order chi connectivity index (χ0) is 16.7. The smallest absolute Gasteiger partial charge is 0.207 e. The molecule has 3 aromatic heterocycles. The molecule has 0 spiro atoms. The highest BCUT2D eigenvalue weighted by Gasteiger charge is 2.15. The highest BCUT2D eigenvalue weighted by molar-refractivity contribution is 6.35. The normalized spacial score (nSPS) is 11.3. The molecule has 0 unspecified atom stereocenters. The van der Waals surface area contributed by atoms with Crippen molar-refractivity contribution in [1.82, 2.24) is 30.2 Å². The molecule has 0 saturated carbocycles. The Hall–Kier alpha value is -2.51. The summed E-state index contributed by atoms with van der Waals surface area (Å²) in [4.78, 5) is 3.97. The molecule has 0 atom stereocenters. The molecule has 0 saturated heterocycles. The first kappa shape index (κ1) is 15.0. The number of halogens is 2. The average molecular weight is 361 g/mol. The van der Waals surface area contributed by atoms with E-state index >= 15 is 0 Å². The van der Waals surface area contributed by atoms with Crippen LogP contribution in [0, 0.1) is 0 Å². The Morgan fingerprint density at radius 3 is 2.67 bits per heavy atom. The number of ether oxygens (including phenoxy) is 1. The molecular formula is C15H10Cl2N6O. The number of pyridine rings is 1. The molecule has 4 rings (SSSR count). The van der Waals surface area contributed by atoms with Gasteiger partial charge in [0.15, 0.2) is 0 Å². The van der Waals surface area contributed by atoms with Crippen LogP contribution in [0.2, 0.25) is 10.0 Å². The number of fused-ring (bicyclic) bond motifs is 3. The molecule has 3 heterocycles. The number of rotatable bonds is 3. The van der Waals surface area contributed by atoms with Crippen molar-refractivity contribution in [1.29, 1.82) is 0 Å². The summed E-state index contributed by atoms with van der Waals surface area (Å²) in [5, 5.41) is 18.8. The van der Waals surface area contributed by atoms with Crippen LogP contribution in [0.25, 0.3) is 16.4 Å². The third kappa shape index (κ3) is 2.42. The molecule has 0 amide bonds. The van der Waals surface area contributed by atoms with Crippen LogP contribution in [0.1, 0.15) is 11.3 Å². The Morgan fingerprint density at radius 2 is 1.92 bits per heavy atom. The van der Waals surface area contributed by atoms with Gasteiger partial charge in [0.05, 0.1) is 22.8 Å². The first-order valence-electron chi connectivity index (χ1n) is 7.00. The number of nitrogens with zero attached hydrogens (tertiary/aromatic N) is 6. The lowest BCUT2D eigenvalue weighted by Gasteiger charge is -2.10. The van der Waals surface area contributed by atoms with E-state index in [-0.39, 0.29) is 0 Å². The van der Waals surface area contributed by atoms with E-state index in [9.17, 15) is 0 Å². The van der Waals surface area contributed by atoms with E-state index in [4.69, 9.17) is 27.9 Å². The van der Waals surface area contributed by atoms with E-state index in [1.807, 2.05) is 18.2 Å². The van der Waals surface area contributed by atoms with Gasteiger partial charge in [0.2, 0.25) is 5.65 Å². The zero-order valence-corrected chi connectivity index (χ0v) is 14.0. The number of hydrogen-bond acceptors (Lipinski definition) is 6. The van der Waals surface area contributed by atoms with Gasteiger partial charge in [0, 0.05) is 29.6 Å². The van der Waals surface area contributed by atoms with Crippen LogP contribution in [0.3, 0.4) is 0 Å². The topological polar surface area (TPSA) is 78.1 Å². The highest BCUT2D eigenvalue weighted by Crippen LogP contribution is 2.30. The van der Waals surface area contributed by atoms with E-state index in [0.29, 0.717) is 27.9 Å². The summed E-state index contributed by atoms with van der Waals surface area (Å²) in [6.07, 6.45) is 3.55. The number of aromatic nitrogens is 6. The molecule has 0 N–H and O–H groups in total. The van der Waals surface area contributed by atoms with Crippen molar-refractivity contribution < 1.29 is 4.74 Å². The fraction of sp³-hybridized carbons (Fsp3) is 0.133. The van der Waals surface area contributed by atoms with Crippen molar-refractivity contribution in [2.24, 2.45) is 0 Å². The van der Waals surface area contributed by atoms with Crippen LogP contribution in [0.15, 0.2) is 30.6 Å². The predicted octanol–water partition coefficient (Wildman–Crippen LogP) is 2.97. The maximum absolute atomic E-state index is 6.23. The van der Waals surface area contributed by atoms with Crippen LogP contribution in [0.4, 0.5) is 0 Å². The summed E-state index contributed by atoms with van der Waals surface area (Å²) in [6.45, 7) is 0. The molecule has 0 radical (unpaired) electrons. The molecule has 4 aromatic rings. The molecule has 7 nitrogen and oxygen atoms in total. The maximum atomic E-state index is 6.23. The second-order valence-corrected chi connectivity index (χ2v) is 5.92. The van der Waals surface area contributed by atoms with Gasteiger partial charge in [-0.15, -0.1) is 9.73 Å². The summed E-state index contributed by atoms with van der Waals surface area (Å²) in [5.74, 6) is 0.713. The van der Waals surface area contributed by atoms with Crippen molar-refractivity contribution >= 4 is 39.6 Å². The van der Waals surface area contributed by atoms with Gasteiger partial charge in [0.1, 0.15) is 5.75 Å². The minimum absolute atomic E-state index is 0.429. The minimum atomic E-state index is 0.429. The summed E-state index contributed by atoms with van der Waals surface area (Å²) >= 11 is 12.5. The van der Waals surface area contributed by atoms with Gasteiger partial charge in [-0.05, 0) is 34.2 Å². The quantitative estimate of drug-likeness (QED) is 0.558. The van der Waals surface area contributed by atoms with Crippen molar-refractivity contribution in [3.05, 3.63) is 51.9 Å². The molecule has 120 valence electrons. The zero-order valence-electron chi connectivity index (χ0n) is 12.4. The Labute approximate surface area is 146 Å². The Kier molecular flexibility index (Phi) is 3.66. The van der Waals surface area contributed by atoms with Crippen molar-refractivity contribution in [2.45, 2.75) is 6.42 Å². The van der Waals surface area contributed by atoms with Crippen LogP contribution in [0.5, 0.6) is 5.75 Å². The van der Waals surface area contributed by atoms with Crippen molar-refractivity contribution in [3.63, 3.8) is 0 Å². The molecule has 9 heteroatoms. The van der Waals surface area contributed by atoms with E-state index in [2.05, 4.69) is 25.6 Å². The van der Waals surface area contributed by atoms with E-state index < -0.39 is 0 Å². The largest absolute Gasteiger partial charge is 0.497 e. The summed E-state index contributed by atoms with van der Waals surface area (Å²) in [5.41, 5.74) is 2.06. The molecular weight excluding hydrogens is 351 g/mol. The second kappa shape index (κ2) is 5.85. The number of tetrazole rings is 1. The molecule has 0 aliphatic carbocycles. The molecule has 0 bridgehead atoms. The summed E-state index contributed by atoms with van der Waals surface area (Å²) in [6, 6.07) is 5.67. The number of methoxy groups -OCH3 is 1. The first-order chi connectivity index (χ1) is 11.7. The highest BCUT2D eigenvalue weighted by atomic mass is 35.5. The number of benzene rings is 1. The number of hydrogen-bond donors (Lipinski definition) is 0. The summed E-state index contributed by atoms with van der Waals surface area (Å²) in [7, 11) is 1.61. The fourth-order valence-corrected chi connectivity index (χ4v) is 3.07. The SMILES string of the molecule is COc1ccc2c(Cc3c(Cl)cncc3Cl)nn3nnnc3c2c1. The lowest BCUT2D eigenvalue weighted by Crippen LogP contribution is -2.04. The van der Waals surface area contributed by atoms with E-state index in [0.717, 1.165) is 22.0 Å². The van der Waals surface area contributed by atoms with Gasteiger partial charge >= 0.3 is 0 Å². The van der Waals surface area contributed by atoms with Gasteiger partial charge < -0.3 is 4.74 Å². The Balaban J connectivity index is 1.97. The Bertz CT molecular complexity index is 1040. The van der Waals surface area contributed by atoms with Crippen LogP contribution in [-0.4, -0.2) is 37.3 Å². The Morgan fingerprint density at radius 1 is 1.12 bits per heavy atom. The fourth-order valence-electron chi connectivity index (χ4n) is 2.57. The van der Waals surface area contributed by atoms with Crippen molar-refractivity contribution in [2.75, 3.05) is 7.11 Å². The van der Waals surface area contributed by atoms with Gasteiger partial charge in [-0.25, -0.2) is 0 Å². The van der Waals surface area contributed by atoms with E-state index in [1.165, 1.54) is 4.63 Å². The van der Waals surface area contributed by atoms with Gasteiger partial charge in [0.25, 0.3) is 0 Å². The molecule has 1 aromatic carbocycles. The standard InChI is InChI=1S/C15H10Cl2N6O/c1-24-8-2-3-9-10(4-8)15-19-21-22-23(15)20-14(9)5-11-12(16)6-18-7-13(11)17/h2-4,6-7H,5H2,1H3. The maximum Gasteiger partial charge on any atom is 0.207 e. The lowest BCUT2D eigenvalue weighted by atomic mass is 10.0. The van der Waals surface area contributed by atoms with E-state index in [1.54, 1.807) is 19.5 Å². The third-order valence-electron chi connectivity index (χ3n) is 3.74.